The Morgan fingerprint density at radius 2 is 1.93 bits per heavy atom. The monoisotopic (exact) mass is 415 g/mol. The third-order valence-corrected chi connectivity index (χ3v) is 5.56. The highest BCUT2D eigenvalue weighted by Gasteiger charge is 2.08. The van der Waals surface area contributed by atoms with E-state index in [4.69, 9.17) is 21.1 Å². The normalized spacial score (nSPS) is 11.0. The average molecular weight is 416 g/mol. The highest BCUT2D eigenvalue weighted by molar-refractivity contribution is 7.13. The molecule has 0 aliphatic heterocycles. The van der Waals surface area contributed by atoms with Gasteiger partial charge in [-0.3, -0.25) is 5.43 Å². The van der Waals surface area contributed by atoms with E-state index >= 15 is 0 Å². The molecular formula is C21H22ClN3O2S. The smallest absolute Gasteiger partial charge is 0.203 e. The largest absolute Gasteiger partial charge is 0.496 e. The SMILES string of the molecule is COc1ccc(C=NNc2nc(C)cs2)cc1COc1cc(C)c(Cl)c(C)c1. The molecule has 28 heavy (non-hydrogen) atoms. The van der Waals surface area contributed by atoms with Crippen LogP contribution >= 0.6 is 22.9 Å². The predicted octanol–water partition coefficient (Wildman–Crippen LogP) is 5.76. The summed E-state index contributed by atoms with van der Waals surface area (Å²) in [5.74, 6) is 1.55. The number of nitrogens with one attached hydrogen (secondary N) is 1. The number of aryl methyl sites for hydroxylation is 3. The molecule has 3 rings (SSSR count). The topological polar surface area (TPSA) is 55.7 Å². The summed E-state index contributed by atoms with van der Waals surface area (Å²) in [6.45, 7) is 6.27. The quantitative estimate of drug-likeness (QED) is 0.394. The molecule has 1 aromatic heterocycles. The fraction of sp³-hybridized carbons (Fsp3) is 0.238. The zero-order chi connectivity index (χ0) is 20.1. The Morgan fingerprint density at radius 1 is 1.18 bits per heavy atom. The van der Waals surface area contributed by atoms with E-state index < -0.39 is 0 Å². The predicted molar refractivity (Wildman–Crippen MR) is 116 cm³/mol. The van der Waals surface area contributed by atoms with Gasteiger partial charge in [-0.15, -0.1) is 11.3 Å². The molecule has 0 aliphatic rings. The molecule has 0 bridgehead atoms. The van der Waals surface area contributed by atoms with E-state index in [0.29, 0.717) is 6.61 Å². The first-order valence-electron chi connectivity index (χ1n) is 8.74. The third kappa shape index (κ3) is 5.03. The van der Waals surface area contributed by atoms with Gasteiger partial charge < -0.3 is 9.47 Å². The molecule has 1 heterocycles. The van der Waals surface area contributed by atoms with Gasteiger partial charge in [0.05, 0.1) is 19.0 Å². The summed E-state index contributed by atoms with van der Waals surface area (Å²) in [5.41, 5.74) is 7.76. The number of hydrazone groups is 1. The minimum Gasteiger partial charge on any atom is -0.496 e. The summed E-state index contributed by atoms with van der Waals surface area (Å²) in [4.78, 5) is 4.31. The molecule has 1 N–H and O–H groups in total. The van der Waals surface area contributed by atoms with Gasteiger partial charge in [-0.05, 0) is 67.8 Å². The van der Waals surface area contributed by atoms with Crippen molar-refractivity contribution in [3.63, 3.8) is 0 Å². The van der Waals surface area contributed by atoms with Crippen LogP contribution in [0.25, 0.3) is 0 Å². The lowest BCUT2D eigenvalue weighted by molar-refractivity contribution is 0.296. The van der Waals surface area contributed by atoms with Crippen LogP contribution in [-0.2, 0) is 6.61 Å². The fourth-order valence-electron chi connectivity index (χ4n) is 2.71. The zero-order valence-corrected chi connectivity index (χ0v) is 17.8. The number of benzene rings is 2. The molecule has 146 valence electrons. The number of anilines is 1. The van der Waals surface area contributed by atoms with Crippen LogP contribution in [0.1, 0.15) is 27.9 Å². The molecule has 0 atom stereocenters. The van der Waals surface area contributed by atoms with Crippen LogP contribution in [0.4, 0.5) is 5.13 Å². The maximum absolute atomic E-state index is 6.23. The second kappa shape index (κ2) is 9.08. The molecule has 0 amide bonds. The van der Waals surface area contributed by atoms with Gasteiger partial charge in [0.1, 0.15) is 18.1 Å². The molecule has 3 aromatic rings. The molecule has 0 radical (unpaired) electrons. The second-order valence-corrected chi connectivity index (χ2v) is 7.63. The van der Waals surface area contributed by atoms with Crippen LogP contribution in [0.15, 0.2) is 40.8 Å². The van der Waals surface area contributed by atoms with E-state index in [1.54, 1.807) is 13.3 Å². The average Bonchev–Trinajstić information content (AvgIpc) is 3.09. The third-order valence-electron chi connectivity index (χ3n) is 4.10. The number of nitrogens with zero attached hydrogens (tertiary/aromatic N) is 2. The highest BCUT2D eigenvalue weighted by Crippen LogP contribution is 2.27. The fourth-order valence-corrected chi connectivity index (χ4v) is 3.46. The van der Waals surface area contributed by atoms with Crippen LogP contribution in [0.3, 0.4) is 0 Å². The van der Waals surface area contributed by atoms with Crippen molar-refractivity contribution in [2.75, 3.05) is 12.5 Å². The van der Waals surface area contributed by atoms with E-state index in [-0.39, 0.29) is 0 Å². The van der Waals surface area contributed by atoms with Gasteiger partial charge in [-0.25, -0.2) is 4.98 Å². The van der Waals surface area contributed by atoms with Gasteiger partial charge >= 0.3 is 0 Å². The van der Waals surface area contributed by atoms with Crippen LogP contribution < -0.4 is 14.9 Å². The van der Waals surface area contributed by atoms with E-state index in [0.717, 1.165) is 49.6 Å². The number of methoxy groups -OCH3 is 1. The number of aromatic nitrogens is 1. The second-order valence-electron chi connectivity index (χ2n) is 6.40. The molecule has 0 unspecified atom stereocenters. The first-order chi connectivity index (χ1) is 13.5. The van der Waals surface area contributed by atoms with Gasteiger partial charge in [-0.2, -0.15) is 5.10 Å². The summed E-state index contributed by atoms with van der Waals surface area (Å²) >= 11 is 7.75. The summed E-state index contributed by atoms with van der Waals surface area (Å²) in [6.07, 6.45) is 1.75. The van der Waals surface area contributed by atoms with Crippen LogP contribution in [0, 0.1) is 20.8 Å². The molecule has 5 nitrogen and oxygen atoms in total. The van der Waals surface area contributed by atoms with Crippen molar-refractivity contribution in [2.45, 2.75) is 27.4 Å². The standard InChI is InChI=1S/C21H22ClN3O2S/c1-13-7-18(8-14(2)20(13)22)27-11-17-9-16(5-6-19(17)26-4)10-23-25-21-24-15(3)12-28-21/h5-10,12H,11H2,1-4H3,(H,24,25). The first-order valence-corrected chi connectivity index (χ1v) is 9.99. The van der Waals surface area contributed by atoms with E-state index in [9.17, 15) is 0 Å². The first kappa shape index (κ1) is 20.2. The molecule has 0 saturated carbocycles. The molecular weight excluding hydrogens is 394 g/mol. The van der Waals surface area contributed by atoms with E-state index in [1.807, 2.05) is 56.5 Å². The molecule has 0 aliphatic carbocycles. The Hall–Kier alpha value is -2.57. The summed E-state index contributed by atoms with van der Waals surface area (Å²) in [6, 6.07) is 9.72. The van der Waals surface area contributed by atoms with Crippen molar-refractivity contribution < 1.29 is 9.47 Å². The van der Waals surface area contributed by atoms with Gasteiger partial charge in [0.25, 0.3) is 0 Å². The highest BCUT2D eigenvalue weighted by atomic mass is 35.5. The summed E-state index contributed by atoms with van der Waals surface area (Å²) in [5, 5.41) is 7.76. The Bertz CT molecular complexity index is 978. The number of halogens is 1. The number of hydrogen-bond donors (Lipinski definition) is 1. The van der Waals surface area contributed by atoms with Gasteiger partial charge in [0, 0.05) is 16.0 Å². The van der Waals surface area contributed by atoms with Gasteiger partial charge in [-0.1, -0.05) is 11.6 Å². The minimum absolute atomic E-state index is 0.379. The number of rotatable bonds is 7. The van der Waals surface area contributed by atoms with Crippen molar-refractivity contribution in [3.05, 3.63) is 68.7 Å². The molecule has 0 spiro atoms. The Morgan fingerprint density at radius 3 is 2.57 bits per heavy atom. The van der Waals surface area contributed by atoms with Crippen molar-refractivity contribution in [2.24, 2.45) is 5.10 Å². The van der Waals surface area contributed by atoms with Gasteiger partial charge in [0.15, 0.2) is 0 Å². The number of ether oxygens (including phenoxy) is 2. The molecule has 0 saturated heterocycles. The van der Waals surface area contributed by atoms with E-state index in [2.05, 4.69) is 15.5 Å². The number of hydrogen-bond acceptors (Lipinski definition) is 6. The summed E-state index contributed by atoms with van der Waals surface area (Å²) < 4.78 is 11.4. The lowest BCUT2D eigenvalue weighted by Crippen LogP contribution is -2.01. The molecule has 2 aromatic carbocycles. The van der Waals surface area contributed by atoms with E-state index in [1.165, 1.54) is 11.3 Å². The maximum atomic E-state index is 6.23. The minimum atomic E-state index is 0.379. The lowest BCUT2D eigenvalue weighted by Gasteiger charge is -2.13. The zero-order valence-electron chi connectivity index (χ0n) is 16.2. The molecule has 7 heteroatoms. The van der Waals surface area contributed by atoms with Gasteiger partial charge in [0.2, 0.25) is 5.13 Å². The van der Waals surface area contributed by atoms with Crippen molar-refractivity contribution in [3.8, 4) is 11.5 Å². The molecule has 0 fully saturated rings. The lowest BCUT2D eigenvalue weighted by atomic mass is 10.1. The Kier molecular flexibility index (Phi) is 6.54. The maximum Gasteiger partial charge on any atom is 0.203 e. The van der Waals surface area contributed by atoms with Crippen molar-refractivity contribution in [1.29, 1.82) is 0 Å². The van der Waals surface area contributed by atoms with Crippen molar-refractivity contribution in [1.82, 2.24) is 4.98 Å². The number of thiazole rings is 1. The summed E-state index contributed by atoms with van der Waals surface area (Å²) in [7, 11) is 1.65. The van der Waals surface area contributed by atoms with Crippen molar-refractivity contribution >= 4 is 34.3 Å². The Labute approximate surface area is 174 Å². The Balaban J connectivity index is 1.72. The van der Waals surface area contributed by atoms with Crippen LogP contribution in [0.5, 0.6) is 11.5 Å². The van der Waals surface area contributed by atoms with Crippen LogP contribution in [-0.4, -0.2) is 18.3 Å². The van der Waals surface area contributed by atoms with Crippen LogP contribution in [0.2, 0.25) is 5.02 Å².